The van der Waals surface area contributed by atoms with Crippen LogP contribution in [0.5, 0.6) is 0 Å². The summed E-state index contributed by atoms with van der Waals surface area (Å²) < 4.78 is 6.18. The van der Waals surface area contributed by atoms with E-state index in [9.17, 15) is 15.0 Å². The van der Waals surface area contributed by atoms with E-state index in [1.54, 1.807) is 0 Å². The molecular weight excluding hydrogens is 356 g/mol. The largest absolute Gasteiger partial charge is 0.388 e. The SMILES string of the molecule is CCCC(C)(C)CCC=C[C@H]1CC[C@H]2O[C@@H](CCCC(O)(O)C(=O)CO)C[C@H]12. The Morgan fingerprint density at radius 2 is 1.93 bits per heavy atom. The topological polar surface area (TPSA) is 87.0 Å². The van der Waals surface area contributed by atoms with Crippen LogP contribution in [0.2, 0.25) is 0 Å². The van der Waals surface area contributed by atoms with Crippen LogP contribution in [0, 0.1) is 17.3 Å². The second kappa shape index (κ2) is 10.3. The molecule has 2 aliphatic rings. The van der Waals surface area contributed by atoms with E-state index in [1.807, 2.05) is 0 Å². The number of hydrogen-bond donors (Lipinski definition) is 3. The molecule has 0 spiro atoms. The van der Waals surface area contributed by atoms with E-state index < -0.39 is 18.2 Å². The van der Waals surface area contributed by atoms with Gasteiger partial charge < -0.3 is 20.1 Å². The number of ether oxygens (including phenoxy) is 1. The number of fused-ring (bicyclic) bond motifs is 1. The molecule has 2 fully saturated rings. The van der Waals surface area contributed by atoms with E-state index in [0.29, 0.717) is 29.8 Å². The number of hydrogen-bond acceptors (Lipinski definition) is 5. The third kappa shape index (κ3) is 6.65. The van der Waals surface area contributed by atoms with Crippen molar-refractivity contribution >= 4 is 5.78 Å². The van der Waals surface area contributed by atoms with Crippen LogP contribution >= 0.6 is 0 Å². The molecule has 0 bridgehead atoms. The Kier molecular flexibility index (Phi) is 8.68. The van der Waals surface area contributed by atoms with Gasteiger partial charge in [0.05, 0.1) is 12.2 Å². The van der Waals surface area contributed by atoms with Crippen LogP contribution in [0.1, 0.15) is 85.0 Å². The van der Waals surface area contributed by atoms with Crippen LogP contribution < -0.4 is 0 Å². The van der Waals surface area contributed by atoms with Crippen molar-refractivity contribution in [3.8, 4) is 0 Å². The number of ketones is 1. The Morgan fingerprint density at radius 3 is 2.61 bits per heavy atom. The van der Waals surface area contributed by atoms with Gasteiger partial charge in [0, 0.05) is 6.42 Å². The van der Waals surface area contributed by atoms with Crippen LogP contribution in [-0.2, 0) is 9.53 Å². The van der Waals surface area contributed by atoms with Crippen LogP contribution in [0.25, 0.3) is 0 Å². The highest BCUT2D eigenvalue weighted by Gasteiger charge is 2.43. The molecule has 1 heterocycles. The summed E-state index contributed by atoms with van der Waals surface area (Å²) >= 11 is 0. The van der Waals surface area contributed by atoms with Crippen LogP contribution in [-0.4, -0.2) is 45.7 Å². The molecule has 0 amide bonds. The minimum absolute atomic E-state index is 0.0571. The molecule has 0 aromatic rings. The van der Waals surface area contributed by atoms with Gasteiger partial charge in [0.15, 0.2) is 0 Å². The fourth-order valence-electron chi connectivity index (χ4n) is 4.98. The summed E-state index contributed by atoms with van der Waals surface area (Å²) in [4.78, 5) is 11.3. The molecule has 3 N–H and O–H groups in total. The smallest absolute Gasteiger partial charge is 0.226 e. The summed E-state index contributed by atoms with van der Waals surface area (Å²) in [6.07, 6.45) is 14.6. The number of carbonyl (C=O) groups is 1. The molecular formula is C23H40O5. The minimum atomic E-state index is -2.42. The zero-order valence-corrected chi connectivity index (χ0v) is 17.9. The summed E-state index contributed by atoms with van der Waals surface area (Å²) in [6.45, 7) is 6.11. The molecule has 162 valence electrons. The highest BCUT2D eigenvalue weighted by Crippen LogP contribution is 2.45. The predicted octanol–water partition coefficient (Wildman–Crippen LogP) is 3.75. The Bertz CT molecular complexity index is 525. The van der Waals surface area contributed by atoms with Crippen molar-refractivity contribution in [1.82, 2.24) is 0 Å². The summed E-state index contributed by atoms with van der Waals surface area (Å²) in [5.74, 6) is -2.20. The molecule has 4 atom stereocenters. The Morgan fingerprint density at radius 1 is 1.18 bits per heavy atom. The summed E-state index contributed by atoms with van der Waals surface area (Å²) in [7, 11) is 0. The van der Waals surface area contributed by atoms with Gasteiger partial charge >= 0.3 is 0 Å². The van der Waals surface area contributed by atoms with Gasteiger partial charge in [-0.25, -0.2) is 0 Å². The van der Waals surface area contributed by atoms with Crippen molar-refractivity contribution in [2.45, 2.75) is 103 Å². The standard InChI is InChI=1S/C23H40O5/c1-4-12-22(2,3)13-6-5-8-17-10-11-20-19(17)15-18(28-20)9-7-14-23(26,27)21(25)16-24/h5,8,17-20,24,26-27H,4,6-7,9-16H2,1-3H3/t17-,18-,19+,20+/m0/s1. The average Bonchev–Trinajstić information content (AvgIpc) is 3.18. The van der Waals surface area contributed by atoms with E-state index in [2.05, 4.69) is 32.9 Å². The lowest BCUT2D eigenvalue weighted by Gasteiger charge is -2.23. The Labute approximate surface area is 170 Å². The molecule has 1 saturated heterocycles. The zero-order chi connectivity index (χ0) is 20.8. The van der Waals surface area contributed by atoms with E-state index >= 15 is 0 Å². The first-order valence-electron chi connectivity index (χ1n) is 11.1. The second-order valence-electron chi connectivity index (χ2n) is 9.61. The van der Waals surface area contributed by atoms with Crippen molar-refractivity contribution in [3.05, 3.63) is 12.2 Å². The molecule has 1 saturated carbocycles. The summed E-state index contributed by atoms with van der Waals surface area (Å²) in [5, 5.41) is 28.1. The van der Waals surface area contributed by atoms with E-state index in [1.165, 1.54) is 25.7 Å². The zero-order valence-electron chi connectivity index (χ0n) is 17.9. The van der Waals surface area contributed by atoms with Crippen LogP contribution in [0.3, 0.4) is 0 Å². The van der Waals surface area contributed by atoms with Gasteiger partial charge in [0.1, 0.15) is 6.61 Å². The molecule has 0 aromatic heterocycles. The van der Waals surface area contributed by atoms with Gasteiger partial charge in [-0.15, -0.1) is 0 Å². The van der Waals surface area contributed by atoms with Gasteiger partial charge in [0.25, 0.3) is 0 Å². The maximum atomic E-state index is 11.3. The van der Waals surface area contributed by atoms with Gasteiger partial charge in [-0.05, 0) is 68.6 Å². The molecule has 5 heteroatoms. The third-order valence-corrected chi connectivity index (χ3v) is 6.65. The van der Waals surface area contributed by atoms with Crippen LogP contribution in [0.15, 0.2) is 12.2 Å². The van der Waals surface area contributed by atoms with Crippen LogP contribution in [0.4, 0.5) is 0 Å². The maximum Gasteiger partial charge on any atom is 0.226 e. The monoisotopic (exact) mass is 396 g/mol. The fraction of sp³-hybridized carbons (Fsp3) is 0.870. The lowest BCUT2D eigenvalue weighted by molar-refractivity contribution is -0.188. The van der Waals surface area contributed by atoms with Crippen molar-refractivity contribution < 1.29 is 24.9 Å². The summed E-state index contributed by atoms with van der Waals surface area (Å²) in [6, 6.07) is 0. The van der Waals surface area contributed by atoms with Crippen molar-refractivity contribution in [2.24, 2.45) is 17.3 Å². The molecule has 5 nitrogen and oxygen atoms in total. The molecule has 1 aliphatic heterocycles. The predicted molar refractivity (Wildman–Crippen MR) is 110 cm³/mol. The van der Waals surface area contributed by atoms with E-state index in [0.717, 1.165) is 25.7 Å². The van der Waals surface area contributed by atoms with Gasteiger partial charge in [-0.3, -0.25) is 4.79 Å². The van der Waals surface area contributed by atoms with Gasteiger partial charge in [-0.2, -0.15) is 0 Å². The highest BCUT2D eigenvalue weighted by molar-refractivity contribution is 5.86. The molecule has 0 radical (unpaired) electrons. The number of carbonyl (C=O) groups excluding carboxylic acids is 1. The minimum Gasteiger partial charge on any atom is -0.388 e. The normalized spacial score (nSPS) is 28.2. The van der Waals surface area contributed by atoms with E-state index in [4.69, 9.17) is 9.84 Å². The molecule has 0 aromatic carbocycles. The maximum absolute atomic E-state index is 11.3. The quantitative estimate of drug-likeness (QED) is 0.345. The third-order valence-electron chi connectivity index (χ3n) is 6.65. The number of allylic oxidation sites excluding steroid dienone is 2. The van der Waals surface area contributed by atoms with Crippen molar-refractivity contribution in [2.75, 3.05) is 6.61 Å². The number of Topliss-reactive ketones (excluding diaryl/α,β-unsaturated/α-hetero) is 1. The molecule has 0 unspecified atom stereocenters. The Balaban J connectivity index is 1.73. The van der Waals surface area contributed by atoms with Crippen molar-refractivity contribution in [3.63, 3.8) is 0 Å². The average molecular weight is 397 g/mol. The summed E-state index contributed by atoms with van der Waals surface area (Å²) in [5.41, 5.74) is 0.422. The molecule has 1 aliphatic carbocycles. The lowest BCUT2D eigenvalue weighted by Crippen LogP contribution is -2.40. The van der Waals surface area contributed by atoms with Gasteiger partial charge in [0.2, 0.25) is 11.6 Å². The lowest BCUT2D eigenvalue weighted by atomic mass is 9.83. The first-order valence-corrected chi connectivity index (χ1v) is 11.1. The van der Waals surface area contributed by atoms with Gasteiger partial charge in [-0.1, -0.05) is 39.3 Å². The first kappa shape index (κ1) is 23.5. The number of rotatable bonds is 12. The fourth-order valence-corrected chi connectivity index (χ4v) is 4.98. The highest BCUT2D eigenvalue weighted by atomic mass is 16.5. The first-order chi connectivity index (χ1) is 13.2. The number of aliphatic hydroxyl groups excluding tert-OH is 1. The van der Waals surface area contributed by atoms with Crippen molar-refractivity contribution in [1.29, 1.82) is 0 Å². The second-order valence-corrected chi connectivity index (χ2v) is 9.61. The van der Waals surface area contributed by atoms with E-state index in [-0.39, 0.29) is 12.5 Å². The number of aliphatic hydroxyl groups is 3. The molecule has 28 heavy (non-hydrogen) atoms. The molecule has 2 rings (SSSR count). The Hall–Kier alpha value is -0.750.